The fourth-order valence-corrected chi connectivity index (χ4v) is 2.53. The molecule has 0 radical (unpaired) electrons. The van der Waals surface area contributed by atoms with Gasteiger partial charge in [0.25, 0.3) is 0 Å². The summed E-state index contributed by atoms with van der Waals surface area (Å²) in [7, 11) is 0. The summed E-state index contributed by atoms with van der Waals surface area (Å²) in [5, 5.41) is 18.5. The lowest BCUT2D eigenvalue weighted by atomic mass is 9.82. The lowest BCUT2D eigenvalue weighted by Crippen LogP contribution is -2.50. The van der Waals surface area contributed by atoms with Crippen LogP contribution in [0.25, 0.3) is 0 Å². The molecule has 0 saturated carbocycles. The van der Waals surface area contributed by atoms with E-state index in [1.807, 2.05) is 0 Å². The summed E-state index contributed by atoms with van der Waals surface area (Å²) in [4.78, 5) is 4.76. The Bertz CT molecular complexity index is 191. The minimum atomic E-state index is 0.0825. The van der Waals surface area contributed by atoms with Crippen LogP contribution < -0.4 is 0 Å². The zero-order valence-corrected chi connectivity index (χ0v) is 11.4. The monoisotopic (exact) mass is 244 g/mol. The first kappa shape index (κ1) is 14.9. The minimum absolute atomic E-state index is 0.0825. The summed E-state index contributed by atoms with van der Waals surface area (Å²) in [6.45, 7) is 10.9. The summed E-state index contributed by atoms with van der Waals surface area (Å²) >= 11 is 0. The Kier molecular flexibility index (Phi) is 6.41. The van der Waals surface area contributed by atoms with Gasteiger partial charge in [0, 0.05) is 51.3 Å². The van der Waals surface area contributed by atoms with Gasteiger partial charge < -0.3 is 15.1 Å². The highest BCUT2D eigenvalue weighted by molar-refractivity contribution is 4.82. The molecule has 0 bridgehead atoms. The summed E-state index contributed by atoms with van der Waals surface area (Å²) in [6.07, 6.45) is 2.08. The van der Waals surface area contributed by atoms with Crippen molar-refractivity contribution < 1.29 is 10.2 Å². The van der Waals surface area contributed by atoms with Crippen molar-refractivity contribution in [1.29, 1.82) is 0 Å². The maximum absolute atomic E-state index is 9.57. The van der Waals surface area contributed by atoms with Gasteiger partial charge in [-0.25, -0.2) is 0 Å². The van der Waals surface area contributed by atoms with Crippen LogP contribution in [0.15, 0.2) is 0 Å². The highest BCUT2D eigenvalue weighted by atomic mass is 16.3. The van der Waals surface area contributed by atoms with Crippen LogP contribution in [0.3, 0.4) is 0 Å². The Morgan fingerprint density at radius 3 is 1.88 bits per heavy atom. The predicted molar refractivity (Wildman–Crippen MR) is 70.1 cm³/mol. The highest BCUT2D eigenvalue weighted by Crippen LogP contribution is 2.27. The summed E-state index contributed by atoms with van der Waals surface area (Å²) < 4.78 is 0. The normalized spacial score (nSPS) is 19.8. The van der Waals surface area contributed by atoms with Crippen molar-refractivity contribution >= 4 is 0 Å². The predicted octanol–water partition coefficient (Wildman–Crippen LogP) is 0.395. The van der Waals surface area contributed by atoms with Crippen molar-refractivity contribution in [3.8, 4) is 0 Å². The SMILES string of the molecule is CCC(CC)(CO)CN1CCN(CCO)CC1. The van der Waals surface area contributed by atoms with E-state index in [0.717, 1.165) is 52.1 Å². The fourth-order valence-electron chi connectivity index (χ4n) is 2.53. The van der Waals surface area contributed by atoms with E-state index in [9.17, 15) is 5.11 Å². The number of nitrogens with zero attached hydrogens (tertiary/aromatic N) is 2. The van der Waals surface area contributed by atoms with Gasteiger partial charge in [0.15, 0.2) is 0 Å². The van der Waals surface area contributed by atoms with E-state index < -0.39 is 0 Å². The molecular weight excluding hydrogens is 216 g/mol. The third-order valence-corrected chi connectivity index (χ3v) is 4.28. The zero-order valence-electron chi connectivity index (χ0n) is 11.4. The Balaban J connectivity index is 2.38. The first-order chi connectivity index (χ1) is 8.19. The van der Waals surface area contributed by atoms with Gasteiger partial charge in [0.1, 0.15) is 0 Å². The molecule has 1 aliphatic rings. The molecule has 2 N–H and O–H groups in total. The summed E-state index contributed by atoms with van der Waals surface area (Å²) in [5.41, 5.74) is 0.0825. The van der Waals surface area contributed by atoms with Gasteiger partial charge in [0.05, 0.1) is 6.61 Å². The summed E-state index contributed by atoms with van der Waals surface area (Å²) in [5.74, 6) is 0. The van der Waals surface area contributed by atoms with E-state index in [2.05, 4.69) is 23.6 Å². The van der Waals surface area contributed by atoms with Crippen LogP contribution >= 0.6 is 0 Å². The standard InChI is InChI=1S/C13H28N2O2/c1-3-13(4-2,12-17)11-15-7-5-14(6-8-15)9-10-16/h16-17H,3-12H2,1-2H3. The Hall–Kier alpha value is -0.160. The molecule has 0 spiro atoms. The van der Waals surface area contributed by atoms with Gasteiger partial charge in [-0.15, -0.1) is 0 Å². The molecule has 1 aliphatic heterocycles. The Labute approximate surface area is 105 Å². The van der Waals surface area contributed by atoms with Crippen LogP contribution in [0.1, 0.15) is 26.7 Å². The number of aliphatic hydroxyl groups is 2. The van der Waals surface area contributed by atoms with Gasteiger partial charge in [-0.3, -0.25) is 4.90 Å². The van der Waals surface area contributed by atoms with Gasteiger partial charge >= 0.3 is 0 Å². The van der Waals surface area contributed by atoms with Crippen LogP contribution in [0, 0.1) is 5.41 Å². The van der Waals surface area contributed by atoms with Crippen LogP contribution in [0.2, 0.25) is 0 Å². The lowest BCUT2D eigenvalue weighted by molar-refractivity contribution is 0.0373. The first-order valence-electron chi connectivity index (χ1n) is 6.86. The van der Waals surface area contributed by atoms with E-state index in [1.54, 1.807) is 0 Å². The average molecular weight is 244 g/mol. The molecule has 0 aromatic carbocycles. The maximum atomic E-state index is 9.57. The quantitative estimate of drug-likeness (QED) is 0.680. The third kappa shape index (κ3) is 4.21. The third-order valence-electron chi connectivity index (χ3n) is 4.28. The number of piperazine rings is 1. The lowest BCUT2D eigenvalue weighted by Gasteiger charge is -2.40. The molecule has 0 atom stereocenters. The highest BCUT2D eigenvalue weighted by Gasteiger charge is 2.29. The number of aliphatic hydroxyl groups excluding tert-OH is 2. The van der Waals surface area contributed by atoms with Gasteiger partial charge in [-0.2, -0.15) is 0 Å². The second-order valence-corrected chi connectivity index (χ2v) is 5.21. The van der Waals surface area contributed by atoms with E-state index in [0.29, 0.717) is 0 Å². The second kappa shape index (κ2) is 7.31. The summed E-state index contributed by atoms with van der Waals surface area (Å²) in [6, 6.07) is 0. The zero-order chi connectivity index (χ0) is 12.7. The smallest absolute Gasteiger partial charge is 0.0558 e. The number of hydrogen-bond donors (Lipinski definition) is 2. The van der Waals surface area contributed by atoms with Crippen LogP contribution in [-0.4, -0.2) is 72.5 Å². The molecule has 0 aromatic heterocycles. The molecule has 17 heavy (non-hydrogen) atoms. The van der Waals surface area contributed by atoms with E-state index >= 15 is 0 Å². The number of rotatable bonds is 7. The topological polar surface area (TPSA) is 46.9 Å². The van der Waals surface area contributed by atoms with E-state index in [1.165, 1.54) is 0 Å². The van der Waals surface area contributed by atoms with Crippen LogP contribution in [0.4, 0.5) is 0 Å². The molecule has 0 aliphatic carbocycles. The molecule has 0 unspecified atom stereocenters. The van der Waals surface area contributed by atoms with Gasteiger partial charge in [-0.1, -0.05) is 13.8 Å². The van der Waals surface area contributed by atoms with Crippen molar-refractivity contribution in [3.05, 3.63) is 0 Å². The Morgan fingerprint density at radius 2 is 1.47 bits per heavy atom. The van der Waals surface area contributed by atoms with Crippen LogP contribution in [-0.2, 0) is 0 Å². The number of hydrogen-bond acceptors (Lipinski definition) is 4. The fraction of sp³-hybridized carbons (Fsp3) is 1.00. The molecule has 4 heteroatoms. The molecule has 1 heterocycles. The molecular formula is C13H28N2O2. The van der Waals surface area contributed by atoms with Gasteiger partial charge in [-0.05, 0) is 12.8 Å². The molecule has 102 valence electrons. The van der Waals surface area contributed by atoms with Crippen molar-refractivity contribution in [1.82, 2.24) is 9.80 Å². The van der Waals surface area contributed by atoms with Crippen molar-refractivity contribution in [2.75, 3.05) is 52.5 Å². The van der Waals surface area contributed by atoms with Crippen molar-refractivity contribution in [3.63, 3.8) is 0 Å². The minimum Gasteiger partial charge on any atom is -0.396 e. The second-order valence-electron chi connectivity index (χ2n) is 5.21. The van der Waals surface area contributed by atoms with Crippen molar-refractivity contribution in [2.24, 2.45) is 5.41 Å². The van der Waals surface area contributed by atoms with Gasteiger partial charge in [0.2, 0.25) is 0 Å². The van der Waals surface area contributed by atoms with E-state index in [4.69, 9.17) is 5.11 Å². The average Bonchev–Trinajstić information content (AvgIpc) is 2.39. The maximum Gasteiger partial charge on any atom is 0.0558 e. The molecule has 1 saturated heterocycles. The van der Waals surface area contributed by atoms with Crippen molar-refractivity contribution in [2.45, 2.75) is 26.7 Å². The first-order valence-corrected chi connectivity index (χ1v) is 6.86. The molecule has 0 amide bonds. The van der Waals surface area contributed by atoms with Crippen LogP contribution in [0.5, 0.6) is 0 Å². The molecule has 1 fully saturated rings. The molecule has 0 aromatic rings. The molecule has 4 nitrogen and oxygen atoms in total. The largest absolute Gasteiger partial charge is 0.396 e. The Morgan fingerprint density at radius 1 is 0.941 bits per heavy atom. The van der Waals surface area contributed by atoms with E-state index in [-0.39, 0.29) is 18.6 Å². The molecule has 1 rings (SSSR count). The number of β-amino-alcohol motifs (C(OH)–C–C–N with tert-alkyl or cyclic N) is 1.